The van der Waals surface area contributed by atoms with Gasteiger partial charge in [0.1, 0.15) is 5.82 Å². The Kier molecular flexibility index (Phi) is 3.72. The molecule has 2 aromatic carbocycles. The molecule has 1 fully saturated rings. The van der Waals surface area contributed by atoms with Gasteiger partial charge in [-0.1, -0.05) is 0 Å². The molecule has 0 unspecified atom stereocenters. The van der Waals surface area contributed by atoms with Gasteiger partial charge in [-0.3, -0.25) is 0 Å². The maximum atomic E-state index is 5.85. The molecule has 6 heteroatoms. The van der Waals surface area contributed by atoms with Crippen LogP contribution in [-0.4, -0.2) is 40.8 Å². The van der Waals surface area contributed by atoms with Crippen LogP contribution in [0.2, 0.25) is 0 Å². The van der Waals surface area contributed by atoms with E-state index in [0.717, 1.165) is 71.0 Å². The molecule has 3 heterocycles. The zero-order valence-electron chi connectivity index (χ0n) is 15.2. The normalized spacial score (nSPS) is 14.9. The summed E-state index contributed by atoms with van der Waals surface area (Å²) in [6.07, 6.45) is 2.07. The van der Waals surface area contributed by atoms with Crippen molar-refractivity contribution < 1.29 is 4.74 Å². The number of anilines is 2. The van der Waals surface area contributed by atoms with Crippen LogP contribution in [0.25, 0.3) is 33.2 Å². The molecular formula is C21H21N5O. The number of morpholine rings is 1. The predicted octanol–water partition coefficient (Wildman–Crippen LogP) is 3.21. The lowest BCUT2D eigenvalue weighted by atomic mass is 10.1. The van der Waals surface area contributed by atoms with Gasteiger partial charge in [0.15, 0.2) is 5.82 Å². The van der Waals surface area contributed by atoms with Crippen LogP contribution >= 0.6 is 0 Å². The van der Waals surface area contributed by atoms with Crippen LogP contribution in [0.5, 0.6) is 0 Å². The summed E-state index contributed by atoms with van der Waals surface area (Å²) >= 11 is 0. The molecule has 0 saturated carbocycles. The number of rotatable bonds is 2. The maximum Gasteiger partial charge on any atom is 0.162 e. The zero-order chi connectivity index (χ0) is 18.4. The van der Waals surface area contributed by atoms with Crippen molar-refractivity contribution in [3.8, 4) is 11.4 Å². The number of fused-ring (bicyclic) bond motifs is 3. The minimum atomic E-state index is 0.719. The predicted molar refractivity (Wildman–Crippen MR) is 109 cm³/mol. The SMILES string of the molecule is Cn1ccc2c3nc(-c4ccc(N)cc4)nc(N4CCOCC4)c3ccc21. The fraction of sp³-hybridized carbons (Fsp3) is 0.238. The number of hydrogen-bond acceptors (Lipinski definition) is 5. The molecule has 2 N–H and O–H groups in total. The van der Waals surface area contributed by atoms with Gasteiger partial charge in [0, 0.05) is 53.9 Å². The van der Waals surface area contributed by atoms with Crippen LogP contribution in [0.15, 0.2) is 48.7 Å². The van der Waals surface area contributed by atoms with Gasteiger partial charge >= 0.3 is 0 Å². The van der Waals surface area contributed by atoms with Crippen LogP contribution in [0.4, 0.5) is 11.5 Å². The summed E-state index contributed by atoms with van der Waals surface area (Å²) in [5, 5.41) is 2.22. The number of aromatic nitrogens is 3. The molecule has 0 radical (unpaired) electrons. The number of ether oxygens (including phenoxy) is 1. The van der Waals surface area contributed by atoms with Crippen molar-refractivity contribution in [2.75, 3.05) is 36.9 Å². The molecule has 0 bridgehead atoms. The Morgan fingerprint density at radius 3 is 2.48 bits per heavy atom. The molecule has 4 aromatic rings. The highest BCUT2D eigenvalue weighted by Crippen LogP contribution is 2.33. The Labute approximate surface area is 157 Å². The Morgan fingerprint density at radius 2 is 1.70 bits per heavy atom. The van der Waals surface area contributed by atoms with Crippen molar-refractivity contribution in [2.45, 2.75) is 0 Å². The maximum absolute atomic E-state index is 5.85. The van der Waals surface area contributed by atoms with Crippen molar-refractivity contribution in [3.05, 3.63) is 48.7 Å². The molecule has 5 rings (SSSR count). The summed E-state index contributed by atoms with van der Waals surface area (Å²) in [5.74, 6) is 1.70. The summed E-state index contributed by atoms with van der Waals surface area (Å²) in [6, 6.07) is 14.1. The van der Waals surface area contributed by atoms with E-state index in [0.29, 0.717) is 0 Å². The van der Waals surface area contributed by atoms with Gasteiger partial charge in [-0.15, -0.1) is 0 Å². The quantitative estimate of drug-likeness (QED) is 0.557. The standard InChI is InChI=1S/C21H21N5O/c1-25-9-8-16-18(25)7-6-17-19(16)23-20(14-2-4-15(22)5-3-14)24-21(17)26-10-12-27-13-11-26/h2-9H,10-13,22H2,1H3. The number of nitrogens with two attached hydrogens (primary N) is 1. The first-order valence-corrected chi connectivity index (χ1v) is 9.15. The topological polar surface area (TPSA) is 69.2 Å². The van der Waals surface area contributed by atoms with Gasteiger partial charge in [-0.25, -0.2) is 9.97 Å². The summed E-state index contributed by atoms with van der Waals surface area (Å²) < 4.78 is 7.65. The third-order valence-corrected chi connectivity index (χ3v) is 5.19. The first-order chi connectivity index (χ1) is 13.2. The molecule has 1 aliphatic rings. The second-order valence-corrected chi connectivity index (χ2v) is 6.91. The fourth-order valence-corrected chi connectivity index (χ4v) is 3.71. The number of nitrogen functional groups attached to an aromatic ring is 1. The average molecular weight is 359 g/mol. The molecular weight excluding hydrogens is 338 g/mol. The molecule has 6 nitrogen and oxygen atoms in total. The minimum Gasteiger partial charge on any atom is -0.399 e. The lowest BCUT2D eigenvalue weighted by molar-refractivity contribution is 0.122. The van der Waals surface area contributed by atoms with E-state index < -0.39 is 0 Å². The molecule has 1 saturated heterocycles. The third-order valence-electron chi connectivity index (χ3n) is 5.19. The molecule has 27 heavy (non-hydrogen) atoms. The van der Waals surface area contributed by atoms with Gasteiger partial charge in [0.2, 0.25) is 0 Å². The summed E-state index contributed by atoms with van der Waals surface area (Å²) in [4.78, 5) is 12.2. The smallest absolute Gasteiger partial charge is 0.162 e. The second kappa shape index (κ2) is 6.25. The summed E-state index contributed by atoms with van der Waals surface area (Å²) in [6.45, 7) is 3.10. The van der Waals surface area contributed by atoms with Gasteiger partial charge in [0.25, 0.3) is 0 Å². The summed E-state index contributed by atoms with van der Waals surface area (Å²) in [5.41, 5.74) is 9.70. The van der Waals surface area contributed by atoms with E-state index in [9.17, 15) is 0 Å². The lowest BCUT2D eigenvalue weighted by Gasteiger charge is -2.29. The first kappa shape index (κ1) is 16.1. The zero-order valence-corrected chi connectivity index (χ0v) is 15.2. The lowest BCUT2D eigenvalue weighted by Crippen LogP contribution is -2.37. The highest BCUT2D eigenvalue weighted by atomic mass is 16.5. The minimum absolute atomic E-state index is 0.719. The molecule has 1 aliphatic heterocycles. The van der Waals surface area contributed by atoms with Crippen molar-refractivity contribution in [1.82, 2.24) is 14.5 Å². The van der Waals surface area contributed by atoms with Crippen LogP contribution in [0.3, 0.4) is 0 Å². The van der Waals surface area contributed by atoms with Crippen LogP contribution in [0, 0.1) is 0 Å². The Bertz CT molecular complexity index is 1130. The van der Waals surface area contributed by atoms with Gasteiger partial charge in [0.05, 0.1) is 18.7 Å². The summed E-state index contributed by atoms with van der Waals surface area (Å²) in [7, 11) is 2.05. The van der Waals surface area contributed by atoms with E-state index in [2.05, 4.69) is 40.9 Å². The number of hydrogen-bond donors (Lipinski definition) is 1. The highest BCUT2D eigenvalue weighted by Gasteiger charge is 2.19. The van der Waals surface area contributed by atoms with E-state index >= 15 is 0 Å². The molecule has 0 spiro atoms. The molecule has 2 aromatic heterocycles. The van der Waals surface area contributed by atoms with E-state index in [4.69, 9.17) is 20.4 Å². The first-order valence-electron chi connectivity index (χ1n) is 9.15. The molecule has 0 atom stereocenters. The largest absolute Gasteiger partial charge is 0.399 e. The molecule has 0 amide bonds. The van der Waals surface area contributed by atoms with E-state index in [-0.39, 0.29) is 0 Å². The third kappa shape index (κ3) is 2.69. The van der Waals surface area contributed by atoms with Crippen molar-refractivity contribution in [3.63, 3.8) is 0 Å². The molecule has 136 valence electrons. The van der Waals surface area contributed by atoms with Gasteiger partial charge in [-0.05, 0) is 42.5 Å². The van der Waals surface area contributed by atoms with E-state index in [1.807, 2.05) is 24.3 Å². The number of benzene rings is 2. The monoisotopic (exact) mass is 359 g/mol. The fourth-order valence-electron chi connectivity index (χ4n) is 3.71. The number of nitrogens with zero attached hydrogens (tertiary/aromatic N) is 4. The van der Waals surface area contributed by atoms with Crippen molar-refractivity contribution in [2.24, 2.45) is 7.05 Å². The number of aryl methyl sites for hydroxylation is 1. The Balaban J connectivity index is 1.79. The van der Waals surface area contributed by atoms with Crippen LogP contribution < -0.4 is 10.6 Å². The average Bonchev–Trinajstić information content (AvgIpc) is 3.10. The highest BCUT2D eigenvalue weighted by molar-refractivity contribution is 6.08. The Hall–Kier alpha value is -3.12. The van der Waals surface area contributed by atoms with E-state index in [1.165, 1.54) is 0 Å². The van der Waals surface area contributed by atoms with Gasteiger partial charge in [-0.2, -0.15) is 0 Å². The Morgan fingerprint density at radius 1 is 0.926 bits per heavy atom. The molecule has 0 aliphatic carbocycles. The van der Waals surface area contributed by atoms with Crippen molar-refractivity contribution in [1.29, 1.82) is 0 Å². The second-order valence-electron chi connectivity index (χ2n) is 6.91. The van der Waals surface area contributed by atoms with Gasteiger partial charge < -0.3 is 19.9 Å². The van der Waals surface area contributed by atoms with E-state index in [1.54, 1.807) is 0 Å². The van der Waals surface area contributed by atoms with Crippen LogP contribution in [-0.2, 0) is 11.8 Å². The van der Waals surface area contributed by atoms with Crippen molar-refractivity contribution >= 4 is 33.3 Å². The van der Waals surface area contributed by atoms with Crippen LogP contribution in [0.1, 0.15) is 0 Å².